The van der Waals surface area contributed by atoms with Crippen LogP contribution in [-0.2, 0) is 15.1 Å². The van der Waals surface area contributed by atoms with Gasteiger partial charge in [0.1, 0.15) is 5.02 Å². The van der Waals surface area contributed by atoms with E-state index in [4.69, 9.17) is 16.3 Å². The zero-order valence-corrected chi connectivity index (χ0v) is 17.0. The number of hydrogen-bond acceptors (Lipinski definition) is 5. The summed E-state index contributed by atoms with van der Waals surface area (Å²) < 4.78 is 6.73. The molecule has 154 valence electrons. The second-order valence-corrected chi connectivity index (χ2v) is 8.97. The molecule has 4 fully saturated rings. The molecule has 28 heavy (non-hydrogen) atoms. The van der Waals surface area contributed by atoms with Gasteiger partial charge in [-0.2, -0.15) is 5.10 Å². The molecule has 0 aliphatic heterocycles. The van der Waals surface area contributed by atoms with Gasteiger partial charge < -0.3 is 15.2 Å². The van der Waals surface area contributed by atoms with Gasteiger partial charge in [-0.3, -0.25) is 9.59 Å². The quantitative estimate of drug-likeness (QED) is 0.641. The van der Waals surface area contributed by atoms with Gasteiger partial charge >= 0.3 is 5.97 Å². The first-order chi connectivity index (χ1) is 13.5. The second-order valence-electron chi connectivity index (χ2n) is 8.59. The van der Waals surface area contributed by atoms with Crippen LogP contribution in [0.2, 0.25) is 5.02 Å². The lowest BCUT2D eigenvalue weighted by Crippen LogP contribution is -2.63. The first-order valence-electron chi connectivity index (χ1n) is 10.3. The van der Waals surface area contributed by atoms with Crippen molar-refractivity contribution in [3.8, 4) is 0 Å². The molecule has 5 rings (SSSR count). The summed E-state index contributed by atoms with van der Waals surface area (Å²) in [5.41, 5.74) is -0.630. The number of carboxylic acids is 1. The number of ether oxygens (including phenoxy) is 1. The Hall–Kier alpha value is -1.60. The maximum absolute atomic E-state index is 13.1. The second kappa shape index (κ2) is 7.67. The number of anilines is 1. The summed E-state index contributed by atoms with van der Waals surface area (Å²) in [6.07, 6.45) is 6.84. The number of nitrogens with zero attached hydrogens (tertiary/aromatic N) is 2. The molecule has 1 aromatic heterocycles. The molecule has 4 saturated carbocycles. The van der Waals surface area contributed by atoms with Crippen molar-refractivity contribution >= 4 is 23.3 Å². The fourth-order valence-electron chi connectivity index (χ4n) is 6.15. The number of carbonyl (C=O) groups is 1. The van der Waals surface area contributed by atoms with Crippen molar-refractivity contribution in [1.29, 1.82) is 0 Å². The van der Waals surface area contributed by atoms with Crippen LogP contribution in [0.1, 0.15) is 45.4 Å². The van der Waals surface area contributed by atoms with Gasteiger partial charge in [-0.05, 0) is 63.2 Å². The van der Waals surface area contributed by atoms with Crippen LogP contribution in [0.4, 0.5) is 5.69 Å². The number of hydrogen-bond donors (Lipinski definition) is 2. The van der Waals surface area contributed by atoms with Crippen LogP contribution in [0.25, 0.3) is 0 Å². The largest absolute Gasteiger partial charge is 0.481 e. The lowest BCUT2D eigenvalue weighted by atomic mass is 9.48. The highest BCUT2D eigenvalue weighted by atomic mass is 35.5. The average molecular weight is 410 g/mol. The molecular weight excluding hydrogens is 382 g/mol. The third kappa shape index (κ3) is 3.22. The predicted molar refractivity (Wildman–Crippen MR) is 106 cm³/mol. The Morgan fingerprint density at radius 1 is 1.39 bits per heavy atom. The Morgan fingerprint density at radius 3 is 2.75 bits per heavy atom. The molecule has 4 aliphatic carbocycles. The van der Waals surface area contributed by atoms with Gasteiger partial charge in [0.05, 0.1) is 23.3 Å². The predicted octanol–water partition coefficient (Wildman–Crippen LogP) is 2.97. The van der Waals surface area contributed by atoms with E-state index >= 15 is 0 Å². The maximum atomic E-state index is 13.1. The molecule has 0 amide bonds. The SMILES string of the molecule is CCOCCCNc1cnn(C23C[C@@H]4CC(C[C@H](C4)C2)[C@@H]3C(=O)O)c(=O)c1Cl. The lowest BCUT2D eigenvalue weighted by Gasteiger charge is -2.59. The summed E-state index contributed by atoms with van der Waals surface area (Å²) >= 11 is 6.39. The molecule has 3 atom stereocenters. The van der Waals surface area contributed by atoms with Gasteiger partial charge in [-0.25, -0.2) is 4.68 Å². The molecule has 0 aromatic carbocycles. The number of rotatable bonds is 8. The van der Waals surface area contributed by atoms with Crippen LogP contribution in [0.3, 0.4) is 0 Å². The lowest BCUT2D eigenvalue weighted by molar-refractivity contribution is -0.168. The van der Waals surface area contributed by atoms with E-state index in [1.165, 1.54) is 4.68 Å². The Bertz CT molecular complexity index is 797. The Kier molecular flexibility index (Phi) is 5.40. The van der Waals surface area contributed by atoms with E-state index in [0.717, 1.165) is 25.7 Å². The zero-order chi connectivity index (χ0) is 19.9. The summed E-state index contributed by atoms with van der Waals surface area (Å²) in [4.78, 5) is 25.3. The van der Waals surface area contributed by atoms with E-state index in [9.17, 15) is 14.7 Å². The Labute approximate surface area is 169 Å². The van der Waals surface area contributed by atoms with Gasteiger partial charge in [0, 0.05) is 19.8 Å². The van der Waals surface area contributed by atoms with E-state index in [1.807, 2.05) is 6.92 Å². The first-order valence-corrected chi connectivity index (χ1v) is 10.7. The number of carboxylic acid groups (broad SMARTS) is 1. The monoisotopic (exact) mass is 409 g/mol. The number of halogens is 1. The highest BCUT2D eigenvalue weighted by Crippen LogP contribution is 2.61. The van der Waals surface area contributed by atoms with E-state index < -0.39 is 17.4 Å². The van der Waals surface area contributed by atoms with Crippen LogP contribution in [0, 0.1) is 23.7 Å². The van der Waals surface area contributed by atoms with Gasteiger partial charge in [0.2, 0.25) is 0 Å². The summed E-state index contributed by atoms with van der Waals surface area (Å²) in [5.74, 6) is -0.278. The fraction of sp³-hybridized carbons (Fsp3) is 0.750. The number of aliphatic carboxylic acids is 1. The van der Waals surface area contributed by atoms with E-state index in [0.29, 0.717) is 50.1 Å². The first kappa shape index (κ1) is 19.7. The topological polar surface area (TPSA) is 93.4 Å². The minimum Gasteiger partial charge on any atom is -0.481 e. The van der Waals surface area contributed by atoms with Crippen LogP contribution >= 0.6 is 11.6 Å². The molecule has 0 saturated heterocycles. The molecule has 0 unspecified atom stereocenters. The van der Waals surface area contributed by atoms with Gasteiger partial charge in [0.25, 0.3) is 5.56 Å². The van der Waals surface area contributed by atoms with E-state index in [1.54, 1.807) is 6.20 Å². The van der Waals surface area contributed by atoms with Gasteiger partial charge in [0.15, 0.2) is 0 Å². The van der Waals surface area contributed by atoms with Crippen LogP contribution in [0.5, 0.6) is 0 Å². The highest BCUT2D eigenvalue weighted by molar-refractivity contribution is 6.32. The van der Waals surface area contributed by atoms with E-state index in [2.05, 4.69) is 10.4 Å². The van der Waals surface area contributed by atoms with Crippen LogP contribution < -0.4 is 10.9 Å². The van der Waals surface area contributed by atoms with Gasteiger partial charge in [-0.1, -0.05) is 11.6 Å². The minimum atomic E-state index is -0.813. The van der Waals surface area contributed by atoms with Crippen molar-refractivity contribution in [3.05, 3.63) is 21.6 Å². The Balaban J connectivity index is 1.62. The molecular formula is C20H28ClN3O4. The summed E-state index contributed by atoms with van der Waals surface area (Å²) in [6.45, 7) is 3.88. The highest BCUT2D eigenvalue weighted by Gasteiger charge is 2.61. The van der Waals surface area contributed by atoms with Crippen molar-refractivity contribution in [2.24, 2.45) is 23.7 Å². The smallest absolute Gasteiger partial charge is 0.309 e. The fourth-order valence-corrected chi connectivity index (χ4v) is 6.34. The average Bonchev–Trinajstić information content (AvgIpc) is 2.63. The van der Waals surface area contributed by atoms with Crippen molar-refractivity contribution in [2.45, 2.75) is 51.0 Å². The zero-order valence-electron chi connectivity index (χ0n) is 16.2. The minimum absolute atomic E-state index is 0.0892. The standard InChI is InChI=1S/C20H28ClN3O4/c1-2-28-5-3-4-22-15-11-23-24(18(25)17(15)21)20-9-12-6-13(10-20)8-14(7-12)16(20)19(26)27/h11-14,16,22H,2-10H2,1H3,(H,26,27)/t12-,13-,14?,16+,20?/m0/s1. The third-order valence-corrected chi connectivity index (χ3v) is 7.23. The summed E-state index contributed by atoms with van der Waals surface area (Å²) in [6, 6.07) is 0. The molecule has 1 heterocycles. The molecule has 4 aliphatic rings. The van der Waals surface area contributed by atoms with Crippen LogP contribution in [-0.4, -0.2) is 40.6 Å². The summed E-state index contributed by atoms with van der Waals surface area (Å²) in [5, 5.41) is 17.6. The maximum Gasteiger partial charge on any atom is 0.309 e. The van der Waals surface area contributed by atoms with E-state index in [-0.39, 0.29) is 16.5 Å². The molecule has 0 spiro atoms. The third-order valence-electron chi connectivity index (χ3n) is 6.87. The van der Waals surface area contributed by atoms with Crippen LogP contribution in [0.15, 0.2) is 11.0 Å². The molecule has 0 radical (unpaired) electrons. The molecule has 8 heteroatoms. The van der Waals surface area contributed by atoms with Crippen molar-refractivity contribution in [1.82, 2.24) is 9.78 Å². The number of nitrogens with one attached hydrogen (secondary N) is 1. The molecule has 2 N–H and O–H groups in total. The normalized spacial score (nSPS) is 33.2. The van der Waals surface area contributed by atoms with Crippen molar-refractivity contribution < 1.29 is 14.6 Å². The number of aromatic nitrogens is 2. The summed E-state index contributed by atoms with van der Waals surface area (Å²) in [7, 11) is 0. The van der Waals surface area contributed by atoms with Gasteiger partial charge in [-0.15, -0.1) is 0 Å². The van der Waals surface area contributed by atoms with Crippen molar-refractivity contribution in [3.63, 3.8) is 0 Å². The molecule has 4 bridgehead atoms. The molecule has 1 aromatic rings. The Morgan fingerprint density at radius 2 is 2.11 bits per heavy atom. The van der Waals surface area contributed by atoms with Crippen molar-refractivity contribution in [2.75, 3.05) is 25.1 Å². The molecule has 7 nitrogen and oxygen atoms in total.